The summed E-state index contributed by atoms with van der Waals surface area (Å²) in [4.78, 5) is 12.5. The molecule has 0 aliphatic rings. The minimum Gasteiger partial charge on any atom is -0.322 e. The third-order valence-corrected chi connectivity index (χ3v) is 6.08. The van der Waals surface area contributed by atoms with Gasteiger partial charge in [-0.2, -0.15) is 0 Å². The van der Waals surface area contributed by atoms with Crippen LogP contribution in [0.5, 0.6) is 0 Å². The van der Waals surface area contributed by atoms with Gasteiger partial charge in [0.1, 0.15) is 0 Å². The number of halogens is 2. The number of para-hydroxylation sites is 1. The third-order valence-electron chi connectivity index (χ3n) is 3.97. The number of anilines is 2. The highest BCUT2D eigenvalue weighted by Gasteiger charge is 2.17. The zero-order chi connectivity index (χ0) is 20.3. The van der Waals surface area contributed by atoms with Gasteiger partial charge in [-0.25, -0.2) is 8.42 Å². The van der Waals surface area contributed by atoms with Gasteiger partial charge >= 0.3 is 0 Å². The fraction of sp³-hybridized carbons (Fsp3) is 0.0500. The largest absolute Gasteiger partial charge is 0.322 e. The van der Waals surface area contributed by atoms with Gasteiger partial charge in [0.15, 0.2) is 0 Å². The first-order chi connectivity index (χ1) is 13.3. The highest BCUT2D eigenvalue weighted by atomic mass is 35.5. The molecule has 28 heavy (non-hydrogen) atoms. The van der Waals surface area contributed by atoms with E-state index in [9.17, 15) is 13.2 Å². The van der Waals surface area contributed by atoms with E-state index >= 15 is 0 Å². The van der Waals surface area contributed by atoms with Gasteiger partial charge in [-0.15, -0.1) is 0 Å². The molecule has 0 spiro atoms. The summed E-state index contributed by atoms with van der Waals surface area (Å²) in [5, 5.41) is 3.34. The lowest BCUT2D eigenvalue weighted by molar-refractivity contribution is 0.102. The van der Waals surface area contributed by atoms with E-state index in [1.54, 1.807) is 37.3 Å². The average molecular weight is 435 g/mol. The van der Waals surface area contributed by atoms with Gasteiger partial charge < -0.3 is 5.32 Å². The first kappa shape index (κ1) is 20.2. The molecule has 0 bridgehead atoms. The number of benzene rings is 3. The van der Waals surface area contributed by atoms with Crippen molar-refractivity contribution < 1.29 is 13.2 Å². The van der Waals surface area contributed by atoms with Gasteiger partial charge in [0, 0.05) is 11.3 Å². The SMILES string of the molecule is Cc1ccccc1NS(=O)(=O)c1cccc(C(=O)Nc2ccc(Cl)c(Cl)c2)c1. The van der Waals surface area contributed by atoms with Crippen LogP contribution in [0.4, 0.5) is 11.4 Å². The highest BCUT2D eigenvalue weighted by molar-refractivity contribution is 7.92. The van der Waals surface area contributed by atoms with Gasteiger partial charge in [-0.3, -0.25) is 9.52 Å². The molecule has 0 fully saturated rings. The summed E-state index contributed by atoms with van der Waals surface area (Å²) < 4.78 is 27.9. The van der Waals surface area contributed by atoms with Crippen LogP contribution in [0.3, 0.4) is 0 Å². The summed E-state index contributed by atoms with van der Waals surface area (Å²) in [7, 11) is -3.85. The van der Waals surface area contributed by atoms with Gasteiger partial charge in [0.05, 0.1) is 20.6 Å². The normalized spacial score (nSPS) is 11.1. The summed E-state index contributed by atoms with van der Waals surface area (Å²) in [6.07, 6.45) is 0. The molecule has 0 saturated heterocycles. The van der Waals surface area contributed by atoms with Crippen LogP contribution in [0.15, 0.2) is 71.6 Å². The average Bonchev–Trinajstić information content (AvgIpc) is 2.66. The van der Waals surface area contributed by atoms with E-state index in [1.807, 2.05) is 6.07 Å². The molecular weight excluding hydrogens is 419 g/mol. The Morgan fingerprint density at radius 3 is 2.36 bits per heavy atom. The van der Waals surface area contributed by atoms with E-state index in [-0.39, 0.29) is 10.5 Å². The maximum Gasteiger partial charge on any atom is 0.261 e. The molecule has 5 nitrogen and oxygen atoms in total. The topological polar surface area (TPSA) is 75.3 Å². The molecule has 2 N–H and O–H groups in total. The number of aryl methyl sites for hydroxylation is 1. The molecule has 0 aliphatic carbocycles. The molecule has 0 aliphatic heterocycles. The van der Waals surface area contributed by atoms with Crippen molar-refractivity contribution in [1.82, 2.24) is 0 Å². The summed E-state index contributed by atoms with van der Waals surface area (Å²) in [6, 6.07) is 17.5. The molecule has 3 rings (SSSR count). The molecule has 3 aromatic rings. The number of amides is 1. The molecule has 1 amide bonds. The second-order valence-corrected chi connectivity index (χ2v) is 8.53. The minimum atomic E-state index is -3.85. The van der Waals surface area contributed by atoms with Crippen molar-refractivity contribution in [2.24, 2.45) is 0 Å². The monoisotopic (exact) mass is 434 g/mol. The molecule has 0 atom stereocenters. The Kier molecular flexibility index (Phi) is 5.93. The Balaban J connectivity index is 1.83. The third kappa shape index (κ3) is 4.65. The fourth-order valence-electron chi connectivity index (χ4n) is 2.47. The number of hydrogen-bond donors (Lipinski definition) is 2. The highest BCUT2D eigenvalue weighted by Crippen LogP contribution is 2.25. The molecule has 0 unspecified atom stereocenters. The maximum absolute atomic E-state index is 12.7. The van der Waals surface area contributed by atoms with Crippen LogP contribution < -0.4 is 10.0 Å². The quantitative estimate of drug-likeness (QED) is 0.567. The van der Waals surface area contributed by atoms with E-state index in [4.69, 9.17) is 23.2 Å². The first-order valence-corrected chi connectivity index (χ1v) is 10.4. The lowest BCUT2D eigenvalue weighted by Crippen LogP contribution is -2.16. The number of sulfonamides is 1. The second kappa shape index (κ2) is 8.22. The first-order valence-electron chi connectivity index (χ1n) is 8.21. The van der Waals surface area contributed by atoms with Crippen molar-refractivity contribution >= 4 is 50.5 Å². The predicted molar refractivity (Wildman–Crippen MR) is 113 cm³/mol. The van der Waals surface area contributed by atoms with Crippen molar-refractivity contribution in [2.75, 3.05) is 10.0 Å². The van der Waals surface area contributed by atoms with Crippen molar-refractivity contribution in [3.05, 3.63) is 87.9 Å². The number of carbonyl (C=O) groups excluding carboxylic acids is 1. The van der Waals surface area contributed by atoms with Crippen LogP contribution in [-0.2, 0) is 10.0 Å². The van der Waals surface area contributed by atoms with Crippen LogP contribution >= 0.6 is 23.2 Å². The van der Waals surface area contributed by atoms with Crippen LogP contribution in [0.25, 0.3) is 0 Å². The lowest BCUT2D eigenvalue weighted by Gasteiger charge is -2.11. The molecule has 144 valence electrons. The number of hydrogen-bond acceptors (Lipinski definition) is 3. The molecule has 0 heterocycles. The van der Waals surface area contributed by atoms with Crippen molar-refractivity contribution in [3.8, 4) is 0 Å². The Morgan fingerprint density at radius 2 is 1.64 bits per heavy atom. The van der Waals surface area contributed by atoms with Gasteiger partial charge in [-0.1, -0.05) is 47.5 Å². The summed E-state index contributed by atoms with van der Waals surface area (Å²) >= 11 is 11.8. The molecular formula is C20H16Cl2N2O3S. The Hall–Kier alpha value is -2.54. The summed E-state index contributed by atoms with van der Waals surface area (Å²) in [5.74, 6) is -0.466. The van der Waals surface area contributed by atoms with Crippen molar-refractivity contribution in [2.45, 2.75) is 11.8 Å². The van der Waals surface area contributed by atoms with E-state index in [0.29, 0.717) is 21.4 Å². The minimum absolute atomic E-state index is 0.0162. The van der Waals surface area contributed by atoms with Gasteiger partial charge in [0.25, 0.3) is 15.9 Å². The zero-order valence-corrected chi connectivity index (χ0v) is 17.1. The fourth-order valence-corrected chi connectivity index (χ4v) is 3.95. The predicted octanol–water partition coefficient (Wildman–Crippen LogP) is 5.35. The van der Waals surface area contributed by atoms with E-state index in [0.717, 1.165) is 5.56 Å². The molecule has 0 aromatic heterocycles. The number of carbonyl (C=O) groups is 1. The molecule has 3 aromatic carbocycles. The standard InChI is InChI=1S/C20H16Cl2N2O3S/c1-13-5-2-3-8-19(13)24-28(26,27)16-7-4-6-14(11-16)20(25)23-15-9-10-17(21)18(22)12-15/h2-12,24H,1H3,(H,23,25). The zero-order valence-electron chi connectivity index (χ0n) is 14.7. The lowest BCUT2D eigenvalue weighted by atomic mass is 10.2. The molecule has 0 radical (unpaired) electrons. The van der Waals surface area contributed by atoms with E-state index in [1.165, 1.54) is 30.3 Å². The van der Waals surface area contributed by atoms with Crippen molar-refractivity contribution in [1.29, 1.82) is 0 Å². The van der Waals surface area contributed by atoms with Gasteiger partial charge in [0.2, 0.25) is 0 Å². The molecule has 0 saturated carbocycles. The summed E-state index contributed by atoms with van der Waals surface area (Å²) in [6.45, 7) is 1.80. The van der Waals surface area contributed by atoms with Gasteiger partial charge in [-0.05, 0) is 55.0 Å². The van der Waals surface area contributed by atoms with E-state index in [2.05, 4.69) is 10.0 Å². The molecule has 8 heteroatoms. The second-order valence-electron chi connectivity index (χ2n) is 6.03. The smallest absolute Gasteiger partial charge is 0.261 e. The Bertz CT molecular complexity index is 1150. The maximum atomic E-state index is 12.7. The number of nitrogens with one attached hydrogen (secondary N) is 2. The number of rotatable bonds is 5. The summed E-state index contributed by atoms with van der Waals surface area (Å²) in [5.41, 5.74) is 1.91. The van der Waals surface area contributed by atoms with Crippen LogP contribution in [0.1, 0.15) is 15.9 Å². The Labute approximate surface area is 173 Å². The van der Waals surface area contributed by atoms with Crippen LogP contribution in [0.2, 0.25) is 10.0 Å². The van der Waals surface area contributed by atoms with Crippen LogP contribution in [-0.4, -0.2) is 14.3 Å². The Morgan fingerprint density at radius 1 is 0.893 bits per heavy atom. The van der Waals surface area contributed by atoms with Crippen molar-refractivity contribution in [3.63, 3.8) is 0 Å². The van der Waals surface area contributed by atoms with Crippen LogP contribution in [0, 0.1) is 6.92 Å². The van der Waals surface area contributed by atoms with E-state index < -0.39 is 15.9 Å².